The summed E-state index contributed by atoms with van der Waals surface area (Å²) in [4.78, 5) is 13.0. The van der Waals surface area contributed by atoms with Gasteiger partial charge >= 0.3 is 0 Å². The second kappa shape index (κ2) is 14.4. The van der Waals surface area contributed by atoms with Crippen molar-refractivity contribution in [1.82, 2.24) is 5.32 Å². The highest BCUT2D eigenvalue weighted by atomic mass is 16.7. The molecule has 0 aromatic heterocycles. The topological polar surface area (TPSA) is 95.5 Å². The largest absolute Gasteiger partial charge is 0.459 e. The maximum atomic E-state index is 13.0. The lowest BCUT2D eigenvalue weighted by Gasteiger charge is -2.37. The lowest BCUT2D eigenvalue weighted by Crippen LogP contribution is -2.40. The number of carbonyl (C=O) groups excluding carboxylic acids is 1. The van der Waals surface area contributed by atoms with Gasteiger partial charge in [-0.2, -0.15) is 0 Å². The Bertz CT molecular complexity index is 1090. The van der Waals surface area contributed by atoms with E-state index >= 15 is 0 Å². The van der Waals surface area contributed by atoms with Gasteiger partial charge in [-0.05, 0) is 53.7 Å². The van der Waals surface area contributed by atoms with E-state index < -0.39 is 6.29 Å². The van der Waals surface area contributed by atoms with Gasteiger partial charge in [0, 0.05) is 38.7 Å². The number of fused-ring (bicyclic) bond motifs is 3. The van der Waals surface area contributed by atoms with E-state index in [-0.39, 0.29) is 30.1 Å². The molecule has 1 heterocycles. The SMILES string of the molecule is CCO[C@H]1OC(C(=O)NCCOC)=C[C@@H](c2cccc3c2Cc2ccccc2-3)[C@@H]1CCOCCOCCO. The van der Waals surface area contributed by atoms with Crippen LogP contribution in [0.15, 0.2) is 54.3 Å². The third kappa shape index (κ3) is 6.81. The number of hydrogen-bond donors (Lipinski definition) is 2. The van der Waals surface area contributed by atoms with Crippen molar-refractivity contribution in [3.05, 3.63) is 71.0 Å². The highest BCUT2D eigenvalue weighted by molar-refractivity contribution is 5.91. The molecule has 2 aromatic carbocycles. The number of allylic oxidation sites excluding steroid dienone is 1. The Hall–Kier alpha value is -2.75. The normalized spacial score (nSPS) is 19.9. The molecular formula is C30H39NO7. The number of aliphatic hydroxyl groups excluding tert-OH is 1. The zero-order valence-electron chi connectivity index (χ0n) is 22.3. The summed E-state index contributed by atoms with van der Waals surface area (Å²) in [6.07, 6.45) is 2.89. The molecule has 1 amide bonds. The fraction of sp³-hybridized carbons (Fsp3) is 0.500. The molecule has 0 fully saturated rings. The van der Waals surface area contributed by atoms with Gasteiger partial charge in [0.1, 0.15) is 0 Å². The second-order valence-electron chi connectivity index (χ2n) is 9.36. The van der Waals surface area contributed by atoms with Gasteiger partial charge in [-0.25, -0.2) is 0 Å². The Morgan fingerprint density at radius 2 is 1.82 bits per heavy atom. The van der Waals surface area contributed by atoms with Crippen LogP contribution in [0.3, 0.4) is 0 Å². The van der Waals surface area contributed by atoms with Crippen LogP contribution in [0.2, 0.25) is 0 Å². The van der Waals surface area contributed by atoms with E-state index in [1.54, 1.807) is 7.11 Å². The van der Waals surface area contributed by atoms with Crippen molar-refractivity contribution in [2.45, 2.75) is 32.0 Å². The molecule has 2 aromatic rings. The molecule has 38 heavy (non-hydrogen) atoms. The number of rotatable bonds is 15. The smallest absolute Gasteiger partial charge is 0.286 e. The molecule has 3 atom stereocenters. The number of methoxy groups -OCH3 is 1. The summed E-state index contributed by atoms with van der Waals surface area (Å²) in [5.74, 6) is -0.156. The van der Waals surface area contributed by atoms with Crippen LogP contribution < -0.4 is 5.32 Å². The minimum atomic E-state index is -0.591. The Balaban J connectivity index is 1.62. The van der Waals surface area contributed by atoms with Crippen LogP contribution in [0.1, 0.15) is 36.0 Å². The minimum absolute atomic E-state index is 0.00386. The molecule has 0 spiro atoms. The van der Waals surface area contributed by atoms with E-state index in [1.807, 2.05) is 13.0 Å². The number of hydrogen-bond acceptors (Lipinski definition) is 7. The first-order valence-electron chi connectivity index (χ1n) is 13.4. The van der Waals surface area contributed by atoms with Crippen LogP contribution in [0.4, 0.5) is 0 Å². The molecule has 0 radical (unpaired) electrons. The standard InChI is InChI=1S/C30H39NO7/c1-3-37-30-25(11-14-35-17-18-36-16-13-32)27(20-28(38-30)29(33)31-12-15-34-2)24-10-6-9-23-22-8-5-4-7-21(22)19-26(23)24/h4-10,20,25,27,30,32H,3,11-19H2,1-2H3,(H,31,33)/t25-,27-,30-/m0/s1. The fourth-order valence-corrected chi connectivity index (χ4v) is 5.25. The van der Waals surface area contributed by atoms with Gasteiger partial charge in [-0.3, -0.25) is 4.79 Å². The molecule has 2 N–H and O–H groups in total. The van der Waals surface area contributed by atoms with E-state index in [9.17, 15) is 4.79 Å². The van der Waals surface area contributed by atoms with Crippen LogP contribution in [0.25, 0.3) is 11.1 Å². The first-order valence-corrected chi connectivity index (χ1v) is 13.4. The maximum absolute atomic E-state index is 13.0. The van der Waals surface area contributed by atoms with Crippen LogP contribution >= 0.6 is 0 Å². The molecule has 0 bridgehead atoms. The van der Waals surface area contributed by atoms with Gasteiger partial charge < -0.3 is 34.1 Å². The number of benzene rings is 2. The molecule has 0 saturated heterocycles. The third-order valence-electron chi connectivity index (χ3n) is 6.98. The first-order chi connectivity index (χ1) is 18.7. The predicted octanol–water partition coefficient (Wildman–Crippen LogP) is 3.41. The van der Waals surface area contributed by atoms with Crippen LogP contribution in [-0.4, -0.2) is 77.2 Å². The molecular weight excluding hydrogens is 486 g/mol. The van der Waals surface area contributed by atoms with Gasteiger partial charge in [0.2, 0.25) is 6.29 Å². The molecule has 1 aliphatic carbocycles. The van der Waals surface area contributed by atoms with E-state index in [0.29, 0.717) is 52.6 Å². The van der Waals surface area contributed by atoms with E-state index in [2.05, 4.69) is 47.8 Å². The molecule has 0 unspecified atom stereocenters. The highest BCUT2D eigenvalue weighted by Crippen LogP contribution is 2.45. The van der Waals surface area contributed by atoms with Crippen LogP contribution in [0.5, 0.6) is 0 Å². The summed E-state index contributed by atoms with van der Waals surface area (Å²) in [6, 6.07) is 14.9. The summed E-state index contributed by atoms with van der Waals surface area (Å²) < 4.78 is 28.4. The number of carbonyl (C=O) groups is 1. The van der Waals surface area contributed by atoms with Gasteiger partial charge in [-0.15, -0.1) is 0 Å². The average Bonchev–Trinajstić information content (AvgIpc) is 3.32. The molecule has 1 aliphatic heterocycles. The summed E-state index contributed by atoms with van der Waals surface area (Å²) in [6.45, 7) is 4.86. The summed E-state index contributed by atoms with van der Waals surface area (Å²) in [7, 11) is 1.60. The lowest BCUT2D eigenvalue weighted by molar-refractivity contribution is -0.168. The van der Waals surface area contributed by atoms with E-state index in [1.165, 1.54) is 27.8 Å². The highest BCUT2D eigenvalue weighted by Gasteiger charge is 2.39. The van der Waals surface area contributed by atoms with Crippen LogP contribution in [-0.2, 0) is 34.9 Å². The monoisotopic (exact) mass is 525 g/mol. The number of ether oxygens (including phenoxy) is 5. The number of amides is 1. The fourth-order valence-electron chi connectivity index (χ4n) is 5.25. The molecule has 206 valence electrons. The molecule has 8 heteroatoms. The van der Waals surface area contributed by atoms with Crippen molar-refractivity contribution in [3.8, 4) is 11.1 Å². The van der Waals surface area contributed by atoms with Crippen molar-refractivity contribution >= 4 is 5.91 Å². The average molecular weight is 526 g/mol. The van der Waals surface area contributed by atoms with Gasteiger partial charge in [0.15, 0.2) is 5.76 Å². The molecule has 2 aliphatic rings. The van der Waals surface area contributed by atoms with Gasteiger partial charge in [0.05, 0.1) is 33.0 Å². The minimum Gasteiger partial charge on any atom is -0.459 e. The molecule has 0 saturated carbocycles. The zero-order valence-corrected chi connectivity index (χ0v) is 22.3. The quantitative estimate of drug-likeness (QED) is 0.294. The second-order valence-corrected chi connectivity index (χ2v) is 9.36. The van der Waals surface area contributed by atoms with Crippen molar-refractivity contribution in [2.24, 2.45) is 5.92 Å². The van der Waals surface area contributed by atoms with Crippen molar-refractivity contribution in [2.75, 3.05) is 59.9 Å². The van der Waals surface area contributed by atoms with E-state index in [0.717, 1.165) is 6.42 Å². The Kier molecular flexibility index (Phi) is 10.7. The zero-order chi connectivity index (χ0) is 26.7. The third-order valence-corrected chi connectivity index (χ3v) is 6.98. The Labute approximate surface area is 224 Å². The summed E-state index contributed by atoms with van der Waals surface area (Å²) in [5, 5.41) is 11.7. The van der Waals surface area contributed by atoms with Crippen molar-refractivity contribution in [1.29, 1.82) is 0 Å². The number of aliphatic hydroxyl groups is 1. The summed E-state index contributed by atoms with van der Waals surface area (Å²) >= 11 is 0. The van der Waals surface area contributed by atoms with E-state index in [4.69, 9.17) is 28.8 Å². The predicted molar refractivity (Wildman–Crippen MR) is 144 cm³/mol. The maximum Gasteiger partial charge on any atom is 0.286 e. The molecule has 8 nitrogen and oxygen atoms in total. The Morgan fingerprint density at radius 3 is 2.61 bits per heavy atom. The number of nitrogens with one attached hydrogen (secondary N) is 1. The lowest BCUT2D eigenvalue weighted by atomic mass is 9.78. The van der Waals surface area contributed by atoms with Crippen LogP contribution in [0, 0.1) is 5.92 Å². The van der Waals surface area contributed by atoms with Crippen molar-refractivity contribution < 1.29 is 33.6 Å². The van der Waals surface area contributed by atoms with Gasteiger partial charge in [0.25, 0.3) is 5.91 Å². The summed E-state index contributed by atoms with van der Waals surface area (Å²) in [5.41, 5.74) is 6.29. The molecule has 4 rings (SSSR count). The Morgan fingerprint density at radius 1 is 1.03 bits per heavy atom. The first kappa shape index (κ1) is 28.3. The van der Waals surface area contributed by atoms with Crippen molar-refractivity contribution in [3.63, 3.8) is 0 Å². The van der Waals surface area contributed by atoms with Gasteiger partial charge in [-0.1, -0.05) is 42.5 Å².